The van der Waals surface area contributed by atoms with E-state index in [1.165, 1.54) is 0 Å². The Morgan fingerprint density at radius 2 is 1.97 bits per heavy atom. The summed E-state index contributed by atoms with van der Waals surface area (Å²) in [6, 6.07) is 10.8. The standard InChI is InChI=1S/C22H18BrF3N2O3S/c1-14-9-21(10-14,13-27)11-17-12-28(19-8-16(23)5-6-20(19)31-17)32(29,30)18-4-2-3-15(7-18)22(24,25)26/h2-8,17H,1,9-12H2. The van der Waals surface area contributed by atoms with Crippen LogP contribution in [0.4, 0.5) is 18.9 Å². The van der Waals surface area contributed by atoms with Gasteiger partial charge in [-0.05, 0) is 49.2 Å². The van der Waals surface area contributed by atoms with E-state index in [0.29, 0.717) is 23.4 Å². The number of hydrogen-bond acceptors (Lipinski definition) is 4. The first-order chi connectivity index (χ1) is 14.9. The van der Waals surface area contributed by atoms with Crippen molar-refractivity contribution in [2.45, 2.75) is 36.4 Å². The molecule has 168 valence electrons. The van der Waals surface area contributed by atoms with Crippen molar-refractivity contribution < 1.29 is 26.3 Å². The number of nitriles is 1. The number of halogens is 4. The second kappa shape index (κ2) is 7.81. The lowest BCUT2D eigenvalue weighted by Crippen LogP contribution is -2.47. The van der Waals surface area contributed by atoms with Crippen molar-refractivity contribution in [3.8, 4) is 11.8 Å². The molecule has 0 N–H and O–H groups in total. The fourth-order valence-corrected chi connectivity index (χ4v) is 6.08. The van der Waals surface area contributed by atoms with Crippen LogP contribution in [0.15, 0.2) is 64.0 Å². The predicted octanol–water partition coefficient (Wildman–Crippen LogP) is 5.67. The van der Waals surface area contributed by atoms with Crippen LogP contribution < -0.4 is 9.04 Å². The average molecular weight is 527 g/mol. The molecule has 4 rings (SSSR count). The Morgan fingerprint density at radius 3 is 2.59 bits per heavy atom. The number of anilines is 1. The molecule has 1 aliphatic heterocycles. The lowest BCUT2D eigenvalue weighted by atomic mass is 9.64. The third-order valence-corrected chi connectivity index (χ3v) is 7.90. The quantitative estimate of drug-likeness (QED) is 0.481. The molecule has 2 aromatic rings. The molecular weight excluding hydrogens is 509 g/mol. The first-order valence-electron chi connectivity index (χ1n) is 9.68. The van der Waals surface area contributed by atoms with Gasteiger partial charge in [0.15, 0.2) is 0 Å². The number of nitrogens with zero attached hydrogens (tertiary/aromatic N) is 2. The van der Waals surface area contributed by atoms with E-state index in [0.717, 1.165) is 28.1 Å². The van der Waals surface area contributed by atoms with Crippen LogP contribution in [0.5, 0.6) is 5.75 Å². The summed E-state index contributed by atoms with van der Waals surface area (Å²) in [7, 11) is -4.34. The van der Waals surface area contributed by atoms with E-state index in [1.807, 2.05) is 0 Å². The van der Waals surface area contributed by atoms with E-state index in [1.54, 1.807) is 18.2 Å². The Kier molecular flexibility index (Phi) is 5.54. The van der Waals surface area contributed by atoms with E-state index in [9.17, 15) is 26.9 Å². The number of allylic oxidation sites excluding steroid dienone is 1. The molecule has 1 heterocycles. The molecule has 1 fully saturated rings. The van der Waals surface area contributed by atoms with Crippen LogP contribution in [0, 0.1) is 16.7 Å². The largest absolute Gasteiger partial charge is 0.486 e. The first-order valence-corrected chi connectivity index (χ1v) is 11.9. The van der Waals surface area contributed by atoms with Crippen LogP contribution >= 0.6 is 15.9 Å². The van der Waals surface area contributed by atoms with Crippen molar-refractivity contribution in [3.05, 3.63) is 64.7 Å². The molecule has 0 aromatic heterocycles. The second-order valence-electron chi connectivity index (χ2n) is 8.11. The van der Waals surface area contributed by atoms with E-state index in [-0.39, 0.29) is 24.4 Å². The third kappa shape index (κ3) is 4.11. The van der Waals surface area contributed by atoms with Gasteiger partial charge >= 0.3 is 6.18 Å². The van der Waals surface area contributed by atoms with Gasteiger partial charge in [-0.2, -0.15) is 18.4 Å². The fourth-order valence-electron chi connectivity index (χ4n) is 4.19. The summed E-state index contributed by atoms with van der Waals surface area (Å²) < 4.78 is 74.1. The zero-order valence-corrected chi connectivity index (χ0v) is 19.1. The molecule has 32 heavy (non-hydrogen) atoms. The molecule has 10 heteroatoms. The Bertz CT molecular complexity index is 1230. The van der Waals surface area contributed by atoms with Gasteiger partial charge in [-0.25, -0.2) is 8.42 Å². The normalized spacial score (nSPS) is 20.0. The van der Waals surface area contributed by atoms with Gasteiger partial charge in [0.2, 0.25) is 0 Å². The van der Waals surface area contributed by atoms with Crippen molar-refractivity contribution in [3.63, 3.8) is 0 Å². The Hall–Kier alpha value is -2.51. The Morgan fingerprint density at radius 1 is 1.25 bits per heavy atom. The lowest BCUT2D eigenvalue weighted by Gasteiger charge is -2.42. The number of alkyl halides is 3. The molecule has 1 unspecified atom stereocenters. The predicted molar refractivity (Wildman–Crippen MR) is 116 cm³/mol. The molecule has 0 radical (unpaired) electrons. The summed E-state index contributed by atoms with van der Waals surface area (Å²) in [5, 5.41) is 9.64. The zero-order chi connectivity index (χ0) is 23.3. The van der Waals surface area contributed by atoms with Crippen molar-refractivity contribution in [1.82, 2.24) is 0 Å². The number of ether oxygens (including phenoxy) is 1. The summed E-state index contributed by atoms with van der Waals surface area (Å²) in [6.45, 7) is 3.74. The van der Waals surface area contributed by atoms with E-state index in [2.05, 4.69) is 28.6 Å². The minimum absolute atomic E-state index is 0.127. The van der Waals surface area contributed by atoms with Crippen molar-refractivity contribution in [2.24, 2.45) is 5.41 Å². The topological polar surface area (TPSA) is 70.4 Å². The number of benzene rings is 2. The number of rotatable bonds is 4. The maximum absolute atomic E-state index is 13.5. The Balaban J connectivity index is 1.74. The van der Waals surface area contributed by atoms with Gasteiger partial charge in [0, 0.05) is 10.9 Å². The minimum Gasteiger partial charge on any atom is -0.486 e. The summed E-state index contributed by atoms with van der Waals surface area (Å²) in [5.74, 6) is 0.284. The number of hydrogen-bond donors (Lipinski definition) is 0. The molecule has 5 nitrogen and oxygen atoms in total. The van der Waals surface area contributed by atoms with Crippen molar-refractivity contribution in [1.29, 1.82) is 5.26 Å². The third-order valence-electron chi connectivity index (χ3n) is 5.63. The minimum atomic E-state index is -4.67. The van der Waals surface area contributed by atoms with Gasteiger partial charge in [-0.3, -0.25) is 4.31 Å². The zero-order valence-electron chi connectivity index (χ0n) is 16.7. The highest BCUT2D eigenvalue weighted by atomic mass is 79.9. The lowest BCUT2D eigenvalue weighted by molar-refractivity contribution is -0.137. The van der Waals surface area contributed by atoms with E-state index in [4.69, 9.17) is 4.74 Å². The van der Waals surface area contributed by atoms with E-state index < -0.39 is 38.2 Å². The first kappa shape index (κ1) is 22.7. The van der Waals surface area contributed by atoms with Gasteiger partial charge in [0.05, 0.1) is 34.2 Å². The molecule has 0 saturated heterocycles. The fraction of sp³-hybridized carbons (Fsp3) is 0.318. The molecular formula is C22H18BrF3N2O3S. The van der Waals surface area contributed by atoms with Crippen LogP contribution in [0.2, 0.25) is 0 Å². The maximum atomic E-state index is 13.5. The van der Waals surface area contributed by atoms with Crippen LogP contribution in [-0.4, -0.2) is 21.1 Å². The highest BCUT2D eigenvalue weighted by Crippen LogP contribution is 2.49. The van der Waals surface area contributed by atoms with Crippen molar-refractivity contribution >= 4 is 31.6 Å². The molecule has 0 spiro atoms. The summed E-state index contributed by atoms with van der Waals surface area (Å²) in [5.41, 5.74) is -0.563. The van der Waals surface area contributed by atoms with Crippen LogP contribution in [0.25, 0.3) is 0 Å². The van der Waals surface area contributed by atoms with Crippen molar-refractivity contribution in [2.75, 3.05) is 10.8 Å². The van der Waals surface area contributed by atoms with Crippen LogP contribution in [-0.2, 0) is 16.2 Å². The number of sulfonamides is 1. The highest BCUT2D eigenvalue weighted by Gasteiger charge is 2.45. The van der Waals surface area contributed by atoms with Gasteiger partial charge < -0.3 is 4.74 Å². The molecule has 1 atom stereocenters. The monoisotopic (exact) mass is 526 g/mol. The molecule has 0 bridgehead atoms. The van der Waals surface area contributed by atoms with Crippen LogP contribution in [0.3, 0.4) is 0 Å². The van der Waals surface area contributed by atoms with Gasteiger partial charge in [-0.1, -0.05) is 34.1 Å². The summed E-state index contributed by atoms with van der Waals surface area (Å²) in [4.78, 5) is -0.467. The second-order valence-corrected chi connectivity index (χ2v) is 10.9. The van der Waals surface area contributed by atoms with Gasteiger partial charge in [0.25, 0.3) is 10.0 Å². The highest BCUT2D eigenvalue weighted by molar-refractivity contribution is 9.10. The molecule has 1 aliphatic carbocycles. The maximum Gasteiger partial charge on any atom is 0.416 e. The van der Waals surface area contributed by atoms with Gasteiger partial charge in [0.1, 0.15) is 11.9 Å². The Labute approximate surface area is 192 Å². The molecule has 2 aromatic carbocycles. The van der Waals surface area contributed by atoms with E-state index >= 15 is 0 Å². The van der Waals surface area contributed by atoms with Crippen LogP contribution in [0.1, 0.15) is 24.8 Å². The number of fused-ring (bicyclic) bond motifs is 1. The smallest absolute Gasteiger partial charge is 0.416 e. The summed E-state index contributed by atoms with van der Waals surface area (Å²) >= 11 is 3.30. The SMILES string of the molecule is C=C1CC(C#N)(CC2CN(S(=O)(=O)c3cccc(C(F)(F)F)c3)c3cc(Br)ccc3O2)C1. The molecule has 0 amide bonds. The molecule has 2 aliphatic rings. The van der Waals surface area contributed by atoms with Gasteiger partial charge in [-0.15, -0.1) is 0 Å². The molecule has 1 saturated carbocycles. The average Bonchev–Trinajstić information content (AvgIpc) is 2.71. The summed E-state index contributed by atoms with van der Waals surface area (Å²) in [6.07, 6.45) is -4.01.